The predicted octanol–water partition coefficient (Wildman–Crippen LogP) is 5.58. The molecule has 0 bridgehead atoms. The molecule has 172 valence electrons. The molecule has 3 rings (SSSR count). The van der Waals surface area contributed by atoms with Crippen LogP contribution in [0.15, 0.2) is 30.3 Å². The van der Waals surface area contributed by atoms with E-state index in [2.05, 4.69) is 5.32 Å². The smallest absolute Gasteiger partial charge is 0.343 e. The van der Waals surface area contributed by atoms with Gasteiger partial charge in [-0.25, -0.2) is 13.2 Å². The largest absolute Gasteiger partial charge is 0.405 e. The van der Waals surface area contributed by atoms with Crippen molar-refractivity contribution in [1.82, 2.24) is 5.32 Å². The Morgan fingerprint density at radius 2 is 1.62 bits per heavy atom. The van der Waals surface area contributed by atoms with E-state index in [-0.39, 0.29) is 21.8 Å². The van der Waals surface area contributed by atoms with Crippen LogP contribution >= 0.6 is 34.8 Å². The molecule has 1 aliphatic rings. The zero-order chi connectivity index (χ0) is 24.0. The van der Waals surface area contributed by atoms with E-state index < -0.39 is 58.2 Å². The summed E-state index contributed by atoms with van der Waals surface area (Å²) in [5, 5.41) is 3.84. The Balaban J connectivity index is 1.77. The highest BCUT2D eigenvalue weighted by Gasteiger charge is 2.67. The van der Waals surface area contributed by atoms with Crippen molar-refractivity contribution in [3.05, 3.63) is 63.9 Å². The number of rotatable bonds is 5. The van der Waals surface area contributed by atoms with Gasteiger partial charge in [0, 0.05) is 11.6 Å². The summed E-state index contributed by atoms with van der Waals surface area (Å²) in [4.78, 5) is 24.6. The summed E-state index contributed by atoms with van der Waals surface area (Å²) in [6.07, 6.45) is -4.64. The second kappa shape index (κ2) is 8.64. The van der Waals surface area contributed by atoms with Crippen LogP contribution in [0, 0.1) is 23.4 Å². The molecule has 2 amide bonds. The summed E-state index contributed by atoms with van der Waals surface area (Å²) < 4.78 is 75.4. The Bertz CT molecular complexity index is 1070. The first-order valence-electron chi connectivity index (χ1n) is 8.70. The molecule has 0 aromatic heterocycles. The maximum Gasteiger partial charge on any atom is 0.405 e. The Kier molecular flexibility index (Phi) is 6.61. The fourth-order valence-electron chi connectivity index (χ4n) is 3.10. The number of hydrogen-bond donors (Lipinski definition) is 2. The normalized spacial score (nSPS) is 19.4. The number of carbonyl (C=O) groups excluding carboxylic acids is 2. The van der Waals surface area contributed by atoms with Gasteiger partial charge in [-0.05, 0) is 35.9 Å². The number of nitrogens with one attached hydrogen (secondary N) is 2. The van der Waals surface area contributed by atoms with Crippen molar-refractivity contribution in [2.45, 2.75) is 16.4 Å². The van der Waals surface area contributed by atoms with Crippen molar-refractivity contribution in [2.75, 3.05) is 11.9 Å². The van der Waals surface area contributed by atoms with E-state index in [1.807, 2.05) is 0 Å². The molecular formula is C19H11Cl3F6N2O2. The molecule has 2 aromatic carbocycles. The maximum absolute atomic E-state index is 13.5. The minimum Gasteiger partial charge on any atom is -0.343 e. The van der Waals surface area contributed by atoms with Crippen LogP contribution in [-0.4, -0.2) is 28.9 Å². The molecule has 1 aliphatic carbocycles. The van der Waals surface area contributed by atoms with Crippen molar-refractivity contribution >= 4 is 52.3 Å². The standard InChI is InChI=1S/C19H11Cl3F6N2O2/c20-10-2-1-8(5-9(10)16(31)29-6-18(26,27)28)30-17(32)14-13(19(14,21)22)7-3-11(23)15(25)12(24)4-7/h1-5,13-14H,6H2,(H,29,31)(H,30,32)/t13-,14+/m1/s1. The van der Waals surface area contributed by atoms with Crippen LogP contribution in [0.5, 0.6) is 0 Å². The van der Waals surface area contributed by atoms with Gasteiger partial charge in [-0.2, -0.15) is 13.2 Å². The van der Waals surface area contributed by atoms with Gasteiger partial charge in [-0.1, -0.05) is 11.6 Å². The molecule has 13 heteroatoms. The SMILES string of the molecule is O=C(NCC(F)(F)F)c1cc(NC(=O)[C@@H]2[C@@H](c3cc(F)c(F)c(F)c3)C2(Cl)Cl)ccc1Cl. The van der Waals surface area contributed by atoms with Crippen LogP contribution in [0.25, 0.3) is 0 Å². The zero-order valence-electron chi connectivity index (χ0n) is 15.5. The van der Waals surface area contributed by atoms with Gasteiger partial charge in [0.1, 0.15) is 10.9 Å². The van der Waals surface area contributed by atoms with Crippen LogP contribution in [0.1, 0.15) is 21.8 Å². The van der Waals surface area contributed by atoms with Gasteiger partial charge in [-0.3, -0.25) is 9.59 Å². The van der Waals surface area contributed by atoms with Gasteiger partial charge in [0.2, 0.25) is 5.91 Å². The fourth-order valence-corrected chi connectivity index (χ4v) is 4.13. The third-order valence-electron chi connectivity index (χ3n) is 4.63. The average Bonchev–Trinajstić information content (AvgIpc) is 3.27. The zero-order valence-corrected chi connectivity index (χ0v) is 17.7. The number of halogens is 9. The summed E-state index contributed by atoms with van der Waals surface area (Å²) in [5.41, 5.74) is -0.510. The van der Waals surface area contributed by atoms with Gasteiger partial charge in [0.25, 0.3) is 5.91 Å². The van der Waals surface area contributed by atoms with Crippen LogP contribution in [-0.2, 0) is 4.79 Å². The van der Waals surface area contributed by atoms with Gasteiger partial charge >= 0.3 is 6.18 Å². The molecule has 0 aliphatic heterocycles. The number of hydrogen-bond acceptors (Lipinski definition) is 2. The van der Waals surface area contributed by atoms with E-state index in [1.54, 1.807) is 5.32 Å². The minimum atomic E-state index is -4.64. The van der Waals surface area contributed by atoms with Crippen molar-refractivity contribution in [1.29, 1.82) is 0 Å². The Labute approximate surface area is 191 Å². The highest BCUT2D eigenvalue weighted by Crippen LogP contribution is 2.65. The van der Waals surface area contributed by atoms with E-state index >= 15 is 0 Å². The third-order valence-corrected chi connectivity index (χ3v) is 5.90. The van der Waals surface area contributed by atoms with Crippen LogP contribution in [0.2, 0.25) is 5.02 Å². The molecule has 0 spiro atoms. The highest BCUT2D eigenvalue weighted by molar-refractivity contribution is 6.53. The second-order valence-electron chi connectivity index (χ2n) is 6.91. The molecular weight excluding hydrogens is 509 g/mol. The monoisotopic (exact) mass is 518 g/mol. The number of alkyl halides is 5. The predicted molar refractivity (Wildman–Crippen MR) is 105 cm³/mol. The molecule has 4 nitrogen and oxygen atoms in total. The molecule has 0 saturated heterocycles. The first kappa shape index (κ1) is 24.5. The van der Waals surface area contributed by atoms with E-state index in [9.17, 15) is 35.9 Å². The number of carbonyl (C=O) groups is 2. The summed E-state index contributed by atoms with van der Waals surface area (Å²) in [6.45, 7) is -1.59. The average molecular weight is 520 g/mol. The Morgan fingerprint density at radius 1 is 1.03 bits per heavy atom. The first-order valence-corrected chi connectivity index (χ1v) is 9.83. The lowest BCUT2D eigenvalue weighted by atomic mass is 10.1. The summed E-state index contributed by atoms with van der Waals surface area (Å²) in [6, 6.07) is 4.80. The van der Waals surface area contributed by atoms with Crippen LogP contribution in [0.4, 0.5) is 32.0 Å². The van der Waals surface area contributed by atoms with E-state index in [1.165, 1.54) is 12.1 Å². The number of benzene rings is 2. The summed E-state index contributed by atoms with van der Waals surface area (Å²) in [7, 11) is 0. The van der Waals surface area contributed by atoms with Gasteiger partial charge in [-0.15, -0.1) is 23.2 Å². The Hall–Kier alpha value is -2.17. The van der Waals surface area contributed by atoms with Crippen molar-refractivity contribution in [2.24, 2.45) is 5.92 Å². The summed E-state index contributed by atoms with van der Waals surface area (Å²) in [5.74, 6) is -8.87. The lowest BCUT2D eigenvalue weighted by Crippen LogP contribution is -2.33. The molecule has 0 unspecified atom stereocenters. The van der Waals surface area contributed by atoms with E-state index in [4.69, 9.17) is 34.8 Å². The van der Waals surface area contributed by atoms with Crippen molar-refractivity contribution < 1.29 is 35.9 Å². The van der Waals surface area contributed by atoms with E-state index in [0.717, 1.165) is 6.07 Å². The molecule has 2 N–H and O–H groups in total. The quantitative estimate of drug-likeness (QED) is 0.308. The molecule has 1 saturated carbocycles. The van der Waals surface area contributed by atoms with Crippen molar-refractivity contribution in [3.8, 4) is 0 Å². The lowest BCUT2D eigenvalue weighted by Gasteiger charge is -2.11. The summed E-state index contributed by atoms with van der Waals surface area (Å²) >= 11 is 18.0. The number of anilines is 1. The molecule has 0 radical (unpaired) electrons. The Morgan fingerprint density at radius 3 is 2.19 bits per heavy atom. The van der Waals surface area contributed by atoms with Crippen molar-refractivity contribution in [3.63, 3.8) is 0 Å². The fraction of sp³-hybridized carbons (Fsp3) is 0.263. The maximum atomic E-state index is 13.5. The lowest BCUT2D eigenvalue weighted by molar-refractivity contribution is -0.123. The highest BCUT2D eigenvalue weighted by atomic mass is 35.5. The molecule has 2 aromatic rings. The third kappa shape index (κ3) is 5.07. The molecule has 0 heterocycles. The molecule has 2 atom stereocenters. The second-order valence-corrected chi connectivity index (χ2v) is 8.76. The van der Waals surface area contributed by atoms with Gasteiger partial charge < -0.3 is 10.6 Å². The molecule has 32 heavy (non-hydrogen) atoms. The van der Waals surface area contributed by atoms with Gasteiger partial charge in [0.05, 0.1) is 16.5 Å². The topological polar surface area (TPSA) is 58.2 Å². The van der Waals surface area contributed by atoms with Crippen LogP contribution < -0.4 is 10.6 Å². The molecule has 1 fully saturated rings. The number of amides is 2. The van der Waals surface area contributed by atoms with E-state index in [0.29, 0.717) is 12.1 Å². The van der Waals surface area contributed by atoms with Crippen LogP contribution in [0.3, 0.4) is 0 Å². The first-order chi connectivity index (χ1) is 14.7. The minimum absolute atomic E-state index is 0.0252. The van der Waals surface area contributed by atoms with Gasteiger partial charge in [0.15, 0.2) is 17.5 Å².